The molecule has 1 aliphatic rings. The Balaban J connectivity index is 1.78. The van der Waals surface area contributed by atoms with E-state index in [1.54, 1.807) is 16.4 Å². The van der Waals surface area contributed by atoms with Crippen LogP contribution < -0.4 is 15.4 Å². The van der Waals surface area contributed by atoms with Crippen molar-refractivity contribution < 1.29 is 4.74 Å². The number of nitrogens with two attached hydrogens (primary N) is 1. The zero-order valence-electron chi connectivity index (χ0n) is 15.7. The van der Waals surface area contributed by atoms with Crippen LogP contribution in [0.15, 0.2) is 22.3 Å². The smallest absolute Gasteiger partial charge is 0.225 e. The van der Waals surface area contributed by atoms with Crippen LogP contribution in [0.5, 0.6) is 5.75 Å². The molecule has 3 rings (SSSR count). The molecule has 1 aliphatic heterocycles. The molecule has 0 radical (unpaired) electrons. The van der Waals surface area contributed by atoms with Gasteiger partial charge in [-0.15, -0.1) is 0 Å². The van der Waals surface area contributed by atoms with Gasteiger partial charge in [0.25, 0.3) is 0 Å². The van der Waals surface area contributed by atoms with Gasteiger partial charge in [0, 0.05) is 46.0 Å². The largest absolute Gasteiger partial charge is 0.488 e. The predicted molar refractivity (Wildman–Crippen MR) is 103 cm³/mol. The number of aromatic nitrogens is 4. The van der Waals surface area contributed by atoms with Crippen molar-refractivity contribution in [1.29, 1.82) is 0 Å². The van der Waals surface area contributed by atoms with Crippen LogP contribution in [0.25, 0.3) is 0 Å². The lowest BCUT2D eigenvalue weighted by Gasteiger charge is -2.32. The van der Waals surface area contributed by atoms with Gasteiger partial charge in [0.15, 0.2) is 10.8 Å². The standard InChI is InChI=1S/C17H27N7OS/c1-4-13-15(26-16-14(25-10-5-18)12-23(3)21-16)11-19-17(20-13)24-8-6-22(2)7-9-24/h11-12H,4-10,18H2,1-3H3. The Kier molecular flexibility index (Phi) is 6.33. The Hall–Kier alpha value is -1.84. The van der Waals surface area contributed by atoms with E-state index in [4.69, 9.17) is 15.5 Å². The average Bonchev–Trinajstić information content (AvgIpc) is 3.00. The topological polar surface area (TPSA) is 85.3 Å². The third kappa shape index (κ3) is 4.46. The van der Waals surface area contributed by atoms with Crippen molar-refractivity contribution in [2.24, 2.45) is 12.8 Å². The second kappa shape index (κ2) is 8.70. The minimum atomic E-state index is 0.471. The van der Waals surface area contributed by atoms with Crippen molar-refractivity contribution in [2.45, 2.75) is 23.3 Å². The van der Waals surface area contributed by atoms with Gasteiger partial charge in [0.05, 0.1) is 16.8 Å². The van der Waals surface area contributed by atoms with Gasteiger partial charge in [-0.2, -0.15) is 5.10 Å². The maximum Gasteiger partial charge on any atom is 0.225 e. The second-order valence-electron chi connectivity index (χ2n) is 6.34. The fourth-order valence-electron chi connectivity index (χ4n) is 2.78. The molecular weight excluding hydrogens is 350 g/mol. The third-order valence-corrected chi connectivity index (χ3v) is 5.32. The fourth-order valence-corrected chi connectivity index (χ4v) is 3.79. The Morgan fingerprint density at radius 2 is 2.00 bits per heavy atom. The first-order valence-electron chi connectivity index (χ1n) is 8.94. The molecule has 2 N–H and O–H groups in total. The number of nitrogens with zero attached hydrogens (tertiary/aromatic N) is 6. The van der Waals surface area contributed by atoms with Crippen molar-refractivity contribution in [1.82, 2.24) is 24.6 Å². The van der Waals surface area contributed by atoms with E-state index in [-0.39, 0.29) is 0 Å². The van der Waals surface area contributed by atoms with E-state index in [2.05, 4.69) is 33.9 Å². The minimum absolute atomic E-state index is 0.471. The number of likely N-dealkylation sites (N-methyl/N-ethyl adjacent to an activating group) is 1. The first-order chi connectivity index (χ1) is 12.6. The molecule has 0 amide bonds. The number of hydrogen-bond acceptors (Lipinski definition) is 8. The van der Waals surface area contributed by atoms with E-state index < -0.39 is 0 Å². The number of aryl methyl sites for hydroxylation is 2. The lowest BCUT2D eigenvalue weighted by Crippen LogP contribution is -2.45. The summed E-state index contributed by atoms with van der Waals surface area (Å²) in [4.78, 5) is 15.0. The quantitative estimate of drug-likeness (QED) is 0.765. The van der Waals surface area contributed by atoms with Gasteiger partial charge in [-0.25, -0.2) is 9.97 Å². The maximum atomic E-state index is 5.70. The minimum Gasteiger partial charge on any atom is -0.488 e. The molecule has 0 spiro atoms. The lowest BCUT2D eigenvalue weighted by atomic mass is 10.3. The van der Waals surface area contributed by atoms with E-state index in [1.165, 1.54) is 0 Å². The average molecular weight is 378 g/mol. The molecule has 0 bridgehead atoms. The zero-order valence-corrected chi connectivity index (χ0v) is 16.5. The molecular formula is C17H27N7OS. The highest BCUT2D eigenvalue weighted by molar-refractivity contribution is 7.99. The van der Waals surface area contributed by atoms with Gasteiger partial charge in [-0.1, -0.05) is 18.7 Å². The van der Waals surface area contributed by atoms with E-state index in [0.29, 0.717) is 13.2 Å². The Morgan fingerprint density at radius 1 is 1.23 bits per heavy atom. The molecule has 8 nitrogen and oxygen atoms in total. The molecule has 2 aromatic heterocycles. The van der Waals surface area contributed by atoms with Crippen molar-refractivity contribution in [3.63, 3.8) is 0 Å². The van der Waals surface area contributed by atoms with Gasteiger partial charge in [0.2, 0.25) is 5.95 Å². The Labute approximate surface area is 158 Å². The highest BCUT2D eigenvalue weighted by Crippen LogP contribution is 2.35. The van der Waals surface area contributed by atoms with E-state index >= 15 is 0 Å². The molecule has 0 aliphatic carbocycles. The zero-order chi connectivity index (χ0) is 18.5. The van der Waals surface area contributed by atoms with E-state index in [9.17, 15) is 0 Å². The monoisotopic (exact) mass is 377 g/mol. The molecule has 2 aromatic rings. The van der Waals surface area contributed by atoms with Crippen LogP contribution in [0, 0.1) is 0 Å². The van der Waals surface area contributed by atoms with Gasteiger partial charge in [-0.05, 0) is 13.5 Å². The Morgan fingerprint density at radius 3 is 2.69 bits per heavy atom. The molecule has 0 saturated carbocycles. The summed E-state index contributed by atoms with van der Waals surface area (Å²) in [7, 11) is 4.03. The summed E-state index contributed by atoms with van der Waals surface area (Å²) < 4.78 is 7.45. The SMILES string of the molecule is CCc1nc(N2CCN(C)CC2)ncc1Sc1nn(C)cc1OCCN. The van der Waals surface area contributed by atoms with Gasteiger partial charge in [0.1, 0.15) is 6.61 Å². The van der Waals surface area contributed by atoms with Crippen molar-refractivity contribution >= 4 is 17.7 Å². The van der Waals surface area contributed by atoms with Crippen LogP contribution >= 0.6 is 11.8 Å². The molecule has 3 heterocycles. The number of hydrogen-bond donors (Lipinski definition) is 1. The fraction of sp³-hybridized carbons (Fsp3) is 0.588. The van der Waals surface area contributed by atoms with Crippen LogP contribution in [-0.2, 0) is 13.5 Å². The lowest BCUT2D eigenvalue weighted by molar-refractivity contribution is 0.311. The summed E-state index contributed by atoms with van der Waals surface area (Å²) in [6.07, 6.45) is 4.62. The van der Waals surface area contributed by atoms with Crippen molar-refractivity contribution in [3.8, 4) is 5.75 Å². The molecule has 0 atom stereocenters. The van der Waals surface area contributed by atoms with Crippen LogP contribution in [0.2, 0.25) is 0 Å². The van der Waals surface area contributed by atoms with Crippen molar-refractivity contribution in [3.05, 3.63) is 18.1 Å². The summed E-state index contributed by atoms with van der Waals surface area (Å²) >= 11 is 1.54. The van der Waals surface area contributed by atoms with Crippen LogP contribution in [0.3, 0.4) is 0 Å². The molecule has 0 unspecified atom stereocenters. The highest BCUT2D eigenvalue weighted by atomic mass is 32.2. The molecule has 0 aromatic carbocycles. The molecule has 9 heteroatoms. The molecule has 1 fully saturated rings. The van der Waals surface area contributed by atoms with Crippen LogP contribution in [0.4, 0.5) is 5.95 Å². The van der Waals surface area contributed by atoms with Gasteiger partial charge < -0.3 is 20.3 Å². The molecule has 142 valence electrons. The number of ether oxygens (including phenoxy) is 1. The van der Waals surface area contributed by atoms with Gasteiger partial charge in [-0.3, -0.25) is 4.68 Å². The highest BCUT2D eigenvalue weighted by Gasteiger charge is 2.19. The first kappa shape index (κ1) is 18.9. The van der Waals surface area contributed by atoms with E-state index in [1.807, 2.05) is 19.4 Å². The summed E-state index contributed by atoms with van der Waals surface area (Å²) in [6.45, 7) is 7.06. The number of anilines is 1. The molecule has 1 saturated heterocycles. The number of piperazine rings is 1. The maximum absolute atomic E-state index is 5.70. The van der Waals surface area contributed by atoms with Crippen molar-refractivity contribution in [2.75, 3.05) is 51.3 Å². The third-order valence-electron chi connectivity index (χ3n) is 4.28. The summed E-state index contributed by atoms with van der Waals surface area (Å²) in [5.74, 6) is 1.56. The van der Waals surface area contributed by atoms with E-state index in [0.717, 1.165) is 59.9 Å². The molecule has 26 heavy (non-hydrogen) atoms. The Bertz CT molecular complexity index is 728. The summed E-state index contributed by atoms with van der Waals surface area (Å²) in [5, 5.41) is 5.31. The normalized spacial score (nSPS) is 15.5. The summed E-state index contributed by atoms with van der Waals surface area (Å²) in [5.41, 5.74) is 6.58. The summed E-state index contributed by atoms with van der Waals surface area (Å²) in [6, 6.07) is 0. The van der Waals surface area contributed by atoms with Gasteiger partial charge >= 0.3 is 0 Å². The first-order valence-corrected chi connectivity index (χ1v) is 9.76. The second-order valence-corrected chi connectivity index (χ2v) is 7.37. The van der Waals surface area contributed by atoms with Crippen LogP contribution in [-0.4, -0.2) is 71.0 Å². The number of rotatable bonds is 7. The van der Waals surface area contributed by atoms with Crippen LogP contribution in [0.1, 0.15) is 12.6 Å². The predicted octanol–water partition coefficient (Wildman–Crippen LogP) is 1.01.